The van der Waals surface area contributed by atoms with Crippen LogP contribution in [0.25, 0.3) is 6.08 Å². The summed E-state index contributed by atoms with van der Waals surface area (Å²) in [5.74, 6) is -0.0480. The van der Waals surface area contributed by atoms with Crippen LogP contribution in [0.4, 0.5) is 0 Å². The molecular weight excluding hydrogens is 314 g/mol. The number of piperidine rings is 1. The zero-order valence-electron chi connectivity index (χ0n) is 14.9. The highest BCUT2D eigenvalue weighted by molar-refractivity contribution is 5.91. The number of aliphatic hydroxyl groups is 1. The summed E-state index contributed by atoms with van der Waals surface area (Å²) in [6.45, 7) is 2.67. The molecule has 1 saturated heterocycles. The minimum Gasteiger partial charge on any atom is -0.389 e. The molecule has 25 heavy (non-hydrogen) atoms. The topological polar surface area (TPSA) is 65.5 Å². The summed E-state index contributed by atoms with van der Waals surface area (Å²) in [5, 5.41) is 13.8. The second-order valence-corrected chi connectivity index (χ2v) is 7.46. The third kappa shape index (κ3) is 5.65. The van der Waals surface area contributed by atoms with E-state index in [-0.39, 0.29) is 11.9 Å². The Kier molecular flexibility index (Phi) is 6.21. The fourth-order valence-corrected chi connectivity index (χ4v) is 3.92. The van der Waals surface area contributed by atoms with Crippen molar-refractivity contribution in [2.75, 3.05) is 19.6 Å². The van der Waals surface area contributed by atoms with Crippen molar-refractivity contribution in [3.05, 3.63) is 36.2 Å². The number of hydrogen-bond donors (Lipinski definition) is 2. The Morgan fingerprint density at radius 3 is 2.76 bits per heavy atom. The maximum Gasteiger partial charge on any atom is 0.244 e. The van der Waals surface area contributed by atoms with Gasteiger partial charge in [0.05, 0.1) is 5.60 Å². The Morgan fingerprint density at radius 1 is 1.32 bits per heavy atom. The highest BCUT2D eigenvalue weighted by Crippen LogP contribution is 2.29. The van der Waals surface area contributed by atoms with E-state index in [9.17, 15) is 9.90 Å². The van der Waals surface area contributed by atoms with Crippen LogP contribution in [0.5, 0.6) is 0 Å². The number of rotatable bonds is 5. The van der Waals surface area contributed by atoms with Crippen molar-refractivity contribution < 1.29 is 9.90 Å². The quantitative estimate of drug-likeness (QED) is 0.806. The molecule has 1 aromatic heterocycles. The van der Waals surface area contributed by atoms with E-state index in [1.165, 1.54) is 6.42 Å². The van der Waals surface area contributed by atoms with Gasteiger partial charge in [0, 0.05) is 44.1 Å². The molecule has 1 saturated carbocycles. The van der Waals surface area contributed by atoms with E-state index in [4.69, 9.17) is 0 Å². The van der Waals surface area contributed by atoms with E-state index in [0.29, 0.717) is 0 Å². The summed E-state index contributed by atoms with van der Waals surface area (Å²) in [4.78, 5) is 18.5. The molecule has 2 aliphatic rings. The third-order valence-corrected chi connectivity index (χ3v) is 5.35. The number of likely N-dealkylation sites (tertiary alicyclic amines) is 1. The number of pyridine rings is 1. The number of aromatic nitrogens is 1. The van der Waals surface area contributed by atoms with Crippen LogP contribution in [0.2, 0.25) is 0 Å². The fraction of sp³-hybridized carbons (Fsp3) is 0.600. The van der Waals surface area contributed by atoms with Gasteiger partial charge < -0.3 is 15.3 Å². The van der Waals surface area contributed by atoms with Crippen LogP contribution in [0.15, 0.2) is 30.6 Å². The lowest BCUT2D eigenvalue weighted by Crippen LogP contribution is -2.50. The summed E-state index contributed by atoms with van der Waals surface area (Å²) in [6, 6.07) is 4.00. The lowest BCUT2D eigenvalue weighted by molar-refractivity contribution is -0.117. The van der Waals surface area contributed by atoms with Gasteiger partial charge in [-0.2, -0.15) is 0 Å². The molecule has 0 unspecified atom stereocenters. The van der Waals surface area contributed by atoms with Gasteiger partial charge in [0.1, 0.15) is 0 Å². The average molecular weight is 343 g/mol. The van der Waals surface area contributed by atoms with Crippen molar-refractivity contribution in [1.29, 1.82) is 0 Å². The molecule has 0 atom stereocenters. The first-order valence-electron chi connectivity index (χ1n) is 9.46. The van der Waals surface area contributed by atoms with E-state index in [0.717, 1.165) is 63.7 Å². The molecule has 5 nitrogen and oxygen atoms in total. The molecule has 1 aliphatic heterocycles. The zero-order valence-corrected chi connectivity index (χ0v) is 14.9. The van der Waals surface area contributed by atoms with Gasteiger partial charge in [0.2, 0.25) is 5.91 Å². The number of β-amino-alcohol motifs (C(OH)–C–C–N with tert-alkyl or cyclic N) is 1. The van der Waals surface area contributed by atoms with Gasteiger partial charge in [0.25, 0.3) is 0 Å². The molecule has 2 fully saturated rings. The molecule has 2 heterocycles. The molecule has 0 aromatic carbocycles. The molecular formula is C20H29N3O2. The maximum absolute atomic E-state index is 12.1. The van der Waals surface area contributed by atoms with Gasteiger partial charge >= 0.3 is 0 Å². The maximum atomic E-state index is 12.1. The number of nitrogens with zero attached hydrogens (tertiary/aromatic N) is 2. The molecule has 136 valence electrons. The lowest BCUT2D eigenvalue weighted by atomic mass is 9.84. The molecule has 0 bridgehead atoms. The molecule has 2 N–H and O–H groups in total. The fourth-order valence-electron chi connectivity index (χ4n) is 3.92. The summed E-state index contributed by atoms with van der Waals surface area (Å²) in [7, 11) is 0. The van der Waals surface area contributed by atoms with Gasteiger partial charge in [-0.3, -0.25) is 9.78 Å². The van der Waals surface area contributed by atoms with Crippen molar-refractivity contribution in [3.8, 4) is 0 Å². The SMILES string of the molecule is O=C(/C=C/c1cccnc1)NC1CCN(CC2(O)CCCCC2)CC1. The van der Waals surface area contributed by atoms with Crippen LogP contribution in [0.1, 0.15) is 50.5 Å². The highest BCUT2D eigenvalue weighted by atomic mass is 16.3. The predicted molar refractivity (Wildman–Crippen MR) is 98.9 cm³/mol. The van der Waals surface area contributed by atoms with Gasteiger partial charge in [-0.25, -0.2) is 0 Å². The van der Waals surface area contributed by atoms with Gasteiger partial charge in [-0.15, -0.1) is 0 Å². The molecule has 0 spiro atoms. The molecule has 1 aromatic rings. The van der Waals surface area contributed by atoms with Crippen molar-refractivity contribution in [2.24, 2.45) is 0 Å². The second kappa shape index (κ2) is 8.59. The third-order valence-electron chi connectivity index (χ3n) is 5.35. The van der Waals surface area contributed by atoms with Gasteiger partial charge in [0.15, 0.2) is 0 Å². The zero-order chi connectivity index (χ0) is 17.5. The first kappa shape index (κ1) is 18.1. The van der Waals surface area contributed by atoms with E-state index in [1.807, 2.05) is 12.1 Å². The minimum absolute atomic E-state index is 0.0480. The van der Waals surface area contributed by atoms with E-state index < -0.39 is 5.60 Å². The normalized spacial score (nSPS) is 22.1. The van der Waals surface area contributed by atoms with Crippen LogP contribution < -0.4 is 5.32 Å². The number of nitrogens with one attached hydrogen (secondary N) is 1. The van der Waals surface area contributed by atoms with Crippen molar-refractivity contribution >= 4 is 12.0 Å². The Balaban J connectivity index is 1.40. The predicted octanol–water partition coefficient (Wildman–Crippen LogP) is 2.37. The lowest BCUT2D eigenvalue weighted by Gasteiger charge is -2.40. The Labute approximate surface area is 150 Å². The van der Waals surface area contributed by atoms with Crippen LogP contribution in [0, 0.1) is 0 Å². The highest BCUT2D eigenvalue weighted by Gasteiger charge is 2.32. The van der Waals surface area contributed by atoms with Crippen molar-refractivity contribution in [3.63, 3.8) is 0 Å². The monoisotopic (exact) mass is 343 g/mol. The van der Waals surface area contributed by atoms with Crippen LogP contribution in [-0.4, -0.2) is 52.2 Å². The van der Waals surface area contributed by atoms with Crippen LogP contribution in [-0.2, 0) is 4.79 Å². The number of carbonyl (C=O) groups excluding carboxylic acids is 1. The average Bonchev–Trinajstić information content (AvgIpc) is 2.63. The van der Waals surface area contributed by atoms with E-state index >= 15 is 0 Å². The Bertz CT molecular complexity index is 574. The number of amides is 1. The Hall–Kier alpha value is -1.72. The van der Waals surface area contributed by atoms with Crippen LogP contribution >= 0.6 is 0 Å². The molecule has 5 heteroatoms. The number of carbonyl (C=O) groups is 1. The summed E-state index contributed by atoms with van der Waals surface area (Å²) in [5.41, 5.74) is 0.439. The Morgan fingerprint density at radius 2 is 2.08 bits per heavy atom. The summed E-state index contributed by atoms with van der Waals surface area (Å²) < 4.78 is 0. The van der Waals surface area contributed by atoms with Crippen LogP contribution in [0.3, 0.4) is 0 Å². The van der Waals surface area contributed by atoms with Gasteiger partial charge in [-0.1, -0.05) is 25.3 Å². The van der Waals surface area contributed by atoms with Gasteiger partial charge in [-0.05, 0) is 43.4 Å². The molecule has 3 rings (SSSR count). The first-order valence-corrected chi connectivity index (χ1v) is 9.46. The second-order valence-electron chi connectivity index (χ2n) is 7.46. The van der Waals surface area contributed by atoms with Crippen molar-refractivity contribution in [2.45, 2.75) is 56.6 Å². The molecule has 1 amide bonds. The molecule has 0 radical (unpaired) electrons. The summed E-state index contributed by atoms with van der Waals surface area (Å²) >= 11 is 0. The van der Waals surface area contributed by atoms with E-state index in [1.54, 1.807) is 24.5 Å². The minimum atomic E-state index is -0.485. The first-order chi connectivity index (χ1) is 12.1. The largest absolute Gasteiger partial charge is 0.389 e. The molecule has 1 aliphatic carbocycles. The standard InChI is InChI=1S/C20H29N3O2/c24-19(7-6-17-5-4-12-21-15-17)22-18-8-13-23(14-9-18)16-20(25)10-2-1-3-11-20/h4-7,12,15,18,25H,1-3,8-11,13-14,16H2,(H,22,24)/b7-6+. The van der Waals surface area contributed by atoms with E-state index in [2.05, 4.69) is 15.2 Å². The smallest absolute Gasteiger partial charge is 0.244 e. The summed E-state index contributed by atoms with van der Waals surface area (Å²) in [6.07, 6.45) is 14.1. The van der Waals surface area contributed by atoms with Crippen molar-refractivity contribution in [1.82, 2.24) is 15.2 Å². The number of hydrogen-bond acceptors (Lipinski definition) is 4.